The van der Waals surface area contributed by atoms with Crippen molar-refractivity contribution in [2.75, 3.05) is 13.2 Å². The molecule has 3 aliphatic rings. The largest absolute Gasteiger partial charge is 0.381 e. The van der Waals surface area contributed by atoms with Gasteiger partial charge in [-0.15, -0.1) is 17.7 Å². The summed E-state index contributed by atoms with van der Waals surface area (Å²) in [5.41, 5.74) is 0.826. The van der Waals surface area contributed by atoms with Gasteiger partial charge in [0.15, 0.2) is 0 Å². The van der Waals surface area contributed by atoms with Crippen molar-refractivity contribution in [1.82, 2.24) is 0 Å². The number of hydrogen-bond acceptors (Lipinski definition) is 1. The number of rotatable bonds is 0. The summed E-state index contributed by atoms with van der Waals surface area (Å²) in [7, 11) is 0. The topological polar surface area (TPSA) is 9.23 Å². The van der Waals surface area contributed by atoms with Crippen LogP contribution in [0.1, 0.15) is 87.6 Å². The summed E-state index contributed by atoms with van der Waals surface area (Å²) in [6.45, 7) is 24.0. The van der Waals surface area contributed by atoms with Gasteiger partial charge in [-0.05, 0) is 72.0 Å². The Hall–Kier alpha value is 0.0906. The quantitative estimate of drug-likeness (QED) is 0.219. The molecule has 2 aliphatic carbocycles. The van der Waals surface area contributed by atoms with Gasteiger partial charge >= 0.3 is 0 Å². The Kier molecular flexibility index (Phi) is 17.6. The molecular formula is C32H43NdO-. The first-order valence-electron chi connectivity index (χ1n) is 12.0. The van der Waals surface area contributed by atoms with Gasteiger partial charge in [-0.2, -0.15) is 0 Å². The van der Waals surface area contributed by atoms with Crippen molar-refractivity contribution in [3.8, 4) is 5.92 Å². The van der Waals surface area contributed by atoms with Gasteiger partial charge in [-0.1, -0.05) is 87.4 Å². The van der Waals surface area contributed by atoms with Gasteiger partial charge in [0.2, 0.25) is 0 Å². The maximum absolute atomic E-state index is 6.69. The molecule has 1 aromatic rings. The van der Waals surface area contributed by atoms with E-state index in [1.54, 1.807) is 0 Å². The van der Waals surface area contributed by atoms with Crippen LogP contribution >= 0.6 is 0 Å². The normalized spacial score (nSPS) is 22.1. The zero-order valence-corrected chi connectivity index (χ0v) is 26.3. The van der Waals surface area contributed by atoms with E-state index in [0.717, 1.165) is 18.8 Å². The van der Waals surface area contributed by atoms with Crippen molar-refractivity contribution in [2.24, 2.45) is 0 Å². The van der Waals surface area contributed by atoms with Gasteiger partial charge in [0.05, 0.1) is 0 Å². The van der Waals surface area contributed by atoms with Crippen molar-refractivity contribution in [2.45, 2.75) is 82.1 Å². The van der Waals surface area contributed by atoms with Crippen LogP contribution in [0.4, 0.5) is 0 Å². The summed E-state index contributed by atoms with van der Waals surface area (Å²) in [4.78, 5) is 0. The van der Waals surface area contributed by atoms with Gasteiger partial charge in [0, 0.05) is 54.1 Å². The van der Waals surface area contributed by atoms with Crippen molar-refractivity contribution in [3.05, 3.63) is 101 Å². The molecule has 0 aromatic heterocycles. The standard InChI is InChI=1S/2C10H15.C8H5.C4H8O.Nd/c2*1-6-7(2)9(4)10(5)8(6)3;1-2-8-6-4-3-5-7-8;1-2-4-5-3-1;/h2*1-5H3;3-7H;1-4H2;/q;;-1;;. The van der Waals surface area contributed by atoms with Gasteiger partial charge in [0.1, 0.15) is 0 Å². The molecule has 4 rings (SSSR count). The van der Waals surface area contributed by atoms with E-state index < -0.39 is 0 Å². The number of benzene rings is 1. The Bertz CT molecular complexity index is 549. The molecule has 0 bridgehead atoms. The molecule has 1 aliphatic heterocycles. The molecule has 10 radical (unpaired) electrons. The molecule has 3 fully saturated rings. The third kappa shape index (κ3) is 10.2. The second-order valence-corrected chi connectivity index (χ2v) is 9.06. The first-order valence-corrected chi connectivity index (χ1v) is 12.0. The molecule has 0 atom stereocenters. The van der Waals surface area contributed by atoms with Crippen LogP contribution in [-0.2, 0) is 4.74 Å². The smallest absolute Gasteiger partial charge is 0.0466 e. The van der Waals surface area contributed by atoms with E-state index in [9.17, 15) is 0 Å². The van der Waals surface area contributed by atoms with Crippen molar-refractivity contribution < 1.29 is 45.6 Å². The molecule has 0 unspecified atom stereocenters. The molecule has 1 saturated heterocycles. The van der Waals surface area contributed by atoms with Crippen LogP contribution in [0.25, 0.3) is 0 Å². The number of hydrogen-bond donors (Lipinski definition) is 0. The van der Waals surface area contributed by atoms with Crippen molar-refractivity contribution in [1.29, 1.82) is 0 Å². The van der Waals surface area contributed by atoms with E-state index in [-0.39, 0.29) is 40.8 Å². The van der Waals surface area contributed by atoms with E-state index in [0.29, 0.717) is 0 Å². The maximum atomic E-state index is 6.69. The molecular weight excluding hydrogens is 545 g/mol. The minimum absolute atomic E-state index is 0. The van der Waals surface area contributed by atoms with Crippen LogP contribution in [0.5, 0.6) is 0 Å². The minimum atomic E-state index is 0. The molecule has 2 saturated carbocycles. The molecule has 182 valence electrons. The summed E-state index contributed by atoms with van der Waals surface area (Å²) < 4.78 is 4.94. The van der Waals surface area contributed by atoms with Crippen molar-refractivity contribution in [3.63, 3.8) is 0 Å². The zero-order valence-electron chi connectivity index (χ0n) is 23.1. The monoisotopic (exact) mass is 585 g/mol. The summed E-state index contributed by atoms with van der Waals surface area (Å²) in [5.74, 6) is 17.0. The summed E-state index contributed by atoms with van der Waals surface area (Å²) in [6.07, 6.45) is 9.25. The maximum Gasteiger partial charge on any atom is 0.0466 e. The first-order chi connectivity index (χ1) is 15.5. The molecule has 2 heteroatoms. The zero-order chi connectivity index (χ0) is 25.1. The van der Waals surface area contributed by atoms with E-state index in [1.165, 1.54) is 72.0 Å². The van der Waals surface area contributed by atoms with Crippen LogP contribution in [0.2, 0.25) is 0 Å². The third-order valence-corrected chi connectivity index (χ3v) is 7.37. The Morgan fingerprint density at radius 1 is 0.529 bits per heavy atom. The second kappa shape index (κ2) is 17.5. The fraction of sp³-hybridized carbons (Fsp3) is 0.438. The van der Waals surface area contributed by atoms with E-state index >= 15 is 0 Å². The van der Waals surface area contributed by atoms with Crippen LogP contribution in [-0.4, -0.2) is 13.2 Å². The van der Waals surface area contributed by atoms with E-state index in [2.05, 4.69) is 75.2 Å². The van der Waals surface area contributed by atoms with E-state index in [4.69, 9.17) is 11.2 Å². The van der Waals surface area contributed by atoms with Crippen molar-refractivity contribution >= 4 is 0 Å². The first kappa shape index (κ1) is 34.1. The second-order valence-electron chi connectivity index (χ2n) is 9.06. The van der Waals surface area contributed by atoms with Gasteiger partial charge in [-0.25, -0.2) is 0 Å². The Morgan fingerprint density at radius 3 is 0.941 bits per heavy atom. The average molecular weight is 588 g/mol. The molecule has 0 amide bonds. The average Bonchev–Trinajstić information content (AvgIpc) is 3.53. The number of ether oxygens (including phenoxy) is 1. The fourth-order valence-corrected chi connectivity index (χ4v) is 3.84. The minimum Gasteiger partial charge on any atom is -0.381 e. The van der Waals surface area contributed by atoms with Gasteiger partial charge < -0.3 is 11.2 Å². The predicted octanol–water partition coefficient (Wildman–Crippen LogP) is 8.37. The molecule has 1 nitrogen and oxygen atoms in total. The SMILES string of the molecule is C1CCOC1.C[C]1[C](C)[C](C)[C](C)[C]1C.C[C]1[C](C)[C](C)[C](C)[C]1C.[C-]#Cc1ccccc1.[Nd]. The van der Waals surface area contributed by atoms with Crippen LogP contribution in [0, 0.1) is 112 Å². The molecule has 0 spiro atoms. The van der Waals surface area contributed by atoms with E-state index in [1.807, 2.05) is 30.3 Å². The molecule has 1 heterocycles. The van der Waals surface area contributed by atoms with Gasteiger partial charge in [-0.3, -0.25) is 5.92 Å². The summed E-state index contributed by atoms with van der Waals surface area (Å²) in [5, 5.41) is 0. The Morgan fingerprint density at radius 2 is 0.794 bits per heavy atom. The summed E-state index contributed by atoms with van der Waals surface area (Å²) in [6, 6.07) is 9.37. The van der Waals surface area contributed by atoms with Gasteiger partial charge in [0.25, 0.3) is 0 Å². The van der Waals surface area contributed by atoms with Crippen LogP contribution < -0.4 is 0 Å². The summed E-state index contributed by atoms with van der Waals surface area (Å²) >= 11 is 0. The predicted molar refractivity (Wildman–Crippen MR) is 142 cm³/mol. The van der Waals surface area contributed by atoms with Crippen LogP contribution in [0.15, 0.2) is 30.3 Å². The Labute approximate surface area is 246 Å². The van der Waals surface area contributed by atoms with Crippen LogP contribution in [0.3, 0.4) is 0 Å². The fourth-order valence-electron chi connectivity index (χ4n) is 3.84. The molecule has 34 heavy (non-hydrogen) atoms. The third-order valence-electron chi connectivity index (χ3n) is 7.37. The molecule has 1 aromatic carbocycles. The Balaban J connectivity index is 0.000000433. The molecule has 0 N–H and O–H groups in total.